The van der Waals surface area contributed by atoms with Gasteiger partial charge in [-0.05, 0) is 32.1 Å². The van der Waals surface area contributed by atoms with E-state index in [1.165, 1.54) is 19.3 Å². The lowest BCUT2D eigenvalue weighted by molar-refractivity contribution is -0.161. The molecule has 0 unspecified atom stereocenters. The van der Waals surface area contributed by atoms with E-state index in [4.69, 9.17) is 19.3 Å². The van der Waals surface area contributed by atoms with Gasteiger partial charge in [0.15, 0.2) is 6.10 Å². The summed E-state index contributed by atoms with van der Waals surface area (Å²) in [6, 6.07) is 0. The number of phosphoric acid groups is 1. The second-order valence-electron chi connectivity index (χ2n) is 8.29. The van der Waals surface area contributed by atoms with E-state index in [1.54, 1.807) is 0 Å². The van der Waals surface area contributed by atoms with Crippen LogP contribution in [0.3, 0.4) is 0 Å². The maximum Gasteiger partial charge on any atom is 0.469 e. The van der Waals surface area contributed by atoms with Crippen LogP contribution in [0.5, 0.6) is 0 Å². The summed E-state index contributed by atoms with van der Waals surface area (Å²) < 4.78 is 25.8. The smallest absolute Gasteiger partial charge is 0.462 e. The highest BCUT2D eigenvalue weighted by atomic mass is 31.2. The third-order valence-corrected chi connectivity index (χ3v) is 5.53. The number of carbonyl (C=O) groups is 2. The predicted molar refractivity (Wildman–Crippen MR) is 129 cm³/mol. The Morgan fingerprint density at radius 3 is 1.97 bits per heavy atom. The molecule has 0 saturated heterocycles. The maximum atomic E-state index is 12.1. The van der Waals surface area contributed by atoms with E-state index in [0.717, 1.165) is 51.4 Å². The Morgan fingerprint density at radius 2 is 1.36 bits per heavy atom. The van der Waals surface area contributed by atoms with Gasteiger partial charge in [0.1, 0.15) is 6.61 Å². The number of allylic oxidation sites excluding steroid dienone is 2. The van der Waals surface area contributed by atoms with Crippen molar-refractivity contribution in [3.8, 4) is 0 Å². The average molecular weight is 493 g/mol. The van der Waals surface area contributed by atoms with E-state index in [-0.39, 0.29) is 19.4 Å². The Labute approximate surface area is 199 Å². The van der Waals surface area contributed by atoms with Crippen molar-refractivity contribution in [2.24, 2.45) is 0 Å². The summed E-state index contributed by atoms with van der Waals surface area (Å²) >= 11 is 0. The number of hydrogen-bond acceptors (Lipinski definition) is 6. The largest absolute Gasteiger partial charge is 0.469 e. The summed E-state index contributed by atoms with van der Waals surface area (Å²) in [4.78, 5) is 41.7. The molecule has 0 radical (unpaired) electrons. The molecule has 8 nitrogen and oxygen atoms in total. The number of ether oxygens (including phenoxy) is 2. The van der Waals surface area contributed by atoms with Crippen LogP contribution in [0, 0.1) is 0 Å². The fraction of sp³-hybridized carbons (Fsp3) is 0.833. The molecule has 0 aliphatic heterocycles. The van der Waals surface area contributed by atoms with Gasteiger partial charge in [-0.2, -0.15) is 0 Å². The Hall–Kier alpha value is -1.21. The molecule has 0 aliphatic rings. The van der Waals surface area contributed by atoms with Gasteiger partial charge in [0, 0.05) is 12.8 Å². The lowest BCUT2D eigenvalue weighted by atomic mass is 10.1. The van der Waals surface area contributed by atoms with Gasteiger partial charge >= 0.3 is 19.8 Å². The molecule has 0 bridgehead atoms. The first-order valence-electron chi connectivity index (χ1n) is 12.5. The Bertz CT molecular complexity index is 573. The molecular formula is C24H45O8P. The number of phosphoric ester groups is 1. The van der Waals surface area contributed by atoms with E-state index in [0.29, 0.717) is 12.8 Å². The first kappa shape index (κ1) is 31.8. The van der Waals surface area contributed by atoms with Gasteiger partial charge in [-0.3, -0.25) is 14.1 Å². The molecule has 194 valence electrons. The topological polar surface area (TPSA) is 119 Å². The summed E-state index contributed by atoms with van der Waals surface area (Å²) in [5.74, 6) is -0.916. The van der Waals surface area contributed by atoms with E-state index >= 15 is 0 Å². The summed E-state index contributed by atoms with van der Waals surface area (Å²) in [5.41, 5.74) is 0. The fourth-order valence-electron chi connectivity index (χ4n) is 3.20. The first-order chi connectivity index (χ1) is 15.8. The number of rotatable bonds is 22. The summed E-state index contributed by atoms with van der Waals surface area (Å²) in [5, 5.41) is 0. The van der Waals surface area contributed by atoms with Crippen molar-refractivity contribution >= 4 is 19.8 Å². The van der Waals surface area contributed by atoms with Gasteiger partial charge in [-0.25, -0.2) is 4.57 Å². The molecule has 0 fully saturated rings. The van der Waals surface area contributed by atoms with Crippen molar-refractivity contribution in [1.29, 1.82) is 0 Å². The van der Waals surface area contributed by atoms with E-state index in [2.05, 4.69) is 30.5 Å². The monoisotopic (exact) mass is 492 g/mol. The second-order valence-corrected chi connectivity index (χ2v) is 9.52. The van der Waals surface area contributed by atoms with Gasteiger partial charge in [-0.1, -0.05) is 77.4 Å². The molecule has 1 atom stereocenters. The zero-order chi connectivity index (χ0) is 24.8. The molecule has 0 aromatic rings. The van der Waals surface area contributed by atoms with Crippen molar-refractivity contribution in [2.75, 3.05) is 13.2 Å². The highest BCUT2D eigenvalue weighted by Gasteiger charge is 2.22. The second kappa shape index (κ2) is 21.3. The number of carbonyl (C=O) groups excluding carboxylic acids is 2. The minimum atomic E-state index is -4.72. The highest BCUT2D eigenvalue weighted by Crippen LogP contribution is 2.35. The zero-order valence-electron chi connectivity index (χ0n) is 20.5. The van der Waals surface area contributed by atoms with Crippen molar-refractivity contribution in [3.05, 3.63) is 12.2 Å². The van der Waals surface area contributed by atoms with Crippen LogP contribution in [0.25, 0.3) is 0 Å². The Morgan fingerprint density at radius 1 is 0.788 bits per heavy atom. The van der Waals surface area contributed by atoms with Gasteiger partial charge in [-0.15, -0.1) is 0 Å². The quantitative estimate of drug-likeness (QED) is 0.0817. The molecule has 0 amide bonds. The molecule has 0 aliphatic carbocycles. The van der Waals surface area contributed by atoms with Crippen LogP contribution in [0.2, 0.25) is 0 Å². The Kier molecular flexibility index (Phi) is 20.5. The van der Waals surface area contributed by atoms with E-state index in [9.17, 15) is 14.2 Å². The number of esters is 2. The standard InChI is InChI=1S/C24H45O8P/c1-3-5-7-9-10-11-12-13-14-15-17-19-24(26)32-22(21-31-33(27,28)29)20-30-23(25)18-16-8-6-4-2/h5,7,22H,3-4,6,8-21H2,1-2H3,(H2,27,28,29)/b7-5-/t22-/m1/s1. The summed E-state index contributed by atoms with van der Waals surface area (Å²) in [7, 11) is -4.72. The first-order valence-corrected chi connectivity index (χ1v) is 14.0. The summed E-state index contributed by atoms with van der Waals surface area (Å²) in [6.07, 6.45) is 17.2. The normalized spacial score (nSPS) is 12.7. The molecule has 0 spiro atoms. The molecule has 0 rings (SSSR count). The van der Waals surface area contributed by atoms with Crippen LogP contribution in [0.15, 0.2) is 12.2 Å². The van der Waals surface area contributed by atoms with Crippen molar-refractivity contribution in [3.63, 3.8) is 0 Å². The molecular weight excluding hydrogens is 447 g/mol. The highest BCUT2D eigenvalue weighted by molar-refractivity contribution is 7.46. The Balaban J connectivity index is 4.09. The van der Waals surface area contributed by atoms with Gasteiger partial charge in [0.2, 0.25) is 0 Å². The van der Waals surface area contributed by atoms with Crippen LogP contribution in [0.4, 0.5) is 0 Å². The number of hydrogen-bond donors (Lipinski definition) is 2. The lowest BCUT2D eigenvalue weighted by Gasteiger charge is -2.18. The third kappa shape index (κ3) is 23.7. The van der Waals surface area contributed by atoms with Crippen LogP contribution >= 0.6 is 7.82 Å². The minimum absolute atomic E-state index is 0.208. The molecule has 0 aromatic carbocycles. The van der Waals surface area contributed by atoms with Crippen LogP contribution in [-0.4, -0.2) is 41.0 Å². The van der Waals surface area contributed by atoms with Gasteiger partial charge in [0.05, 0.1) is 6.61 Å². The third-order valence-electron chi connectivity index (χ3n) is 5.05. The van der Waals surface area contributed by atoms with E-state index in [1.807, 2.05) is 0 Å². The van der Waals surface area contributed by atoms with Crippen LogP contribution < -0.4 is 0 Å². The van der Waals surface area contributed by atoms with E-state index < -0.39 is 32.5 Å². The average Bonchev–Trinajstić information content (AvgIpc) is 2.76. The summed E-state index contributed by atoms with van der Waals surface area (Å²) in [6.45, 7) is 3.39. The number of unbranched alkanes of at least 4 members (excludes halogenated alkanes) is 10. The fourth-order valence-corrected chi connectivity index (χ4v) is 3.56. The van der Waals surface area contributed by atoms with Crippen molar-refractivity contribution < 1.29 is 37.9 Å². The molecule has 33 heavy (non-hydrogen) atoms. The van der Waals surface area contributed by atoms with Gasteiger partial charge < -0.3 is 19.3 Å². The van der Waals surface area contributed by atoms with Crippen molar-refractivity contribution in [1.82, 2.24) is 0 Å². The molecule has 9 heteroatoms. The lowest BCUT2D eigenvalue weighted by Crippen LogP contribution is -2.29. The van der Waals surface area contributed by atoms with Crippen LogP contribution in [0.1, 0.15) is 110 Å². The van der Waals surface area contributed by atoms with Gasteiger partial charge in [0.25, 0.3) is 0 Å². The molecule has 0 aromatic heterocycles. The van der Waals surface area contributed by atoms with Crippen LogP contribution in [-0.2, 0) is 28.2 Å². The minimum Gasteiger partial charge on any atom is -0.462 e. The molecule has 0 heterocycles. The molecule has 2 N–H and O–H groups in total. The van der Waals surface area contributed by atoms with Crippen molar-refractivity contribution in [2.45, 2.75) is 116 Å². The SMILES string of the molecule is CC/C=C\CCCCCCCCCC(=O)O[C@H](COC(=O)CCCCCC)COP(=O)(O)O. The molecule has 0 saturated carbocycles. The maximum absolute atomic E-state index is 12.1. The zero-order valence-corrected chi connectivity index (χ0v) is 21.4. The predicted octanol–water partition coefficient (Wildman–Crippen LogP) is 6.00.